The van der Waals surface area contributed by atoms with Gasteiger partial charge in [0.1, 0.15) is 11.3 Å². The highest BCUT2D eigenvalue weighted by Crippen LogP contribution is 2.33. The lowest BCUT2D eigenvalue weighted by Crippen LogP contribution is -2.20. The first-order chi connectivity index (χ1) is 12.5. The van der Waals surface area contributed by atoms with Gasteiger partial charge in [-0.15, -0.1) is 0 Å². The minimum absolute atomic E-state index is 0.404. The molecule has 0 saturated carbocycles. The van der Waals surface area contributed by atoms with Gasteiger partial charge in [0.25, 0.3) is 0 Å². The van der Waals surface area contributed by atoms with E-state index in [0.717, 1.165) is 11.1 Å². The number of hydrogen-bond acceptors (Lipinski definition) is 5. The maximum atomic E-state index is 12.3. The van der Waals surface area contributed by atoms with Crippen molar-refractivity contribution in [3.8, 4) is 5.75 Å². The molecule has 0 bridgehead atoms. The lowest BCUT2D eigenvalue weighted by Gasteiger charge is -2.19. The van der Waals surface area contributed by atoms with Gasteiger partial charge in [-0.2, -0.15) is 0 Å². The van der Waals surface area contributed by atoms with E-state index in [1.165, 1.54) is 13.2 Å². The van der Waals surface area contributed by atoms with E-state index in [1.54, 1.807) is 18.2 Å². The van der Waals surface area contributed by atoms with Gasteiger partial charge < -0.3 is 13.9 Å². The predicted molar refractivity (Wildman–Crippen MR) is 98.4 cm³/mol. The van der Waals surface area contributed by atoms with E-state index in [4.69, 9.17) is 13.9 Å². The third kappa shape index (κ3) is 3.47. The average Bonchev–Trinajstić information content (AvgIpc) is 2.64. The Kier molecular flexibility index (Phi) is 5.07. The van der Waals surface area contributed by atoms with Gasteiger partial charge in [-0.3, -0.25) is 0 Å². The summed E-state index contributed by atoms with van der Waals surface area (Å²) in [5, 5.41) is 0.697. The maximum Gasteiger partial charge on any atom is 0.351 e. The molecule has 1 unspecified atom stereocenters. The number of fused-ring (bicyclic) bond motifs is 1. The first-order valence-electron chi connectivity index (χ1n) is 8.40. The summed E-state index contributed by atoms with van der Waals surface area (Å²) in [6.07, 6.45) is -0.279. The van der Waals surface area contributed by atoms with Crippen LogP contribution in [-0.4, -0.2) is 13.1 Å². The Morgan fingerprint density at radius 1 is 1.15 bits per heavy atom. The summed E-state index contributed by atoms with van der Waals surface area (Å²) < 4.78 is 16.4. The van der Waals surface area contributed by atoms with Crippen molar-refractivity contribution in [1.82, 2.24) is 0 Å². The van der Waals surface area contributed by atoms with E-state index in [1.807, 2.05) is 38.1 Å². The maximum absolute atomic E-state index is 12.3. The molecule has 0 N–H and O–H groups in total. The molecule has 0 amide bonds. The second kappa shape index (κ2) is 7.44. The van der Waals surface area contributed by atoms with E-state index in [-0.39, 0.29) is 0 Å². The Morgan fingerprint density at radius 2 is 1.88 bits per heavy atom. The smallest absolute Gasteiger partial charge is 0.351 e. The highest BCUT2D eigenvalue weighted by Gasteiger charge is 2.25. The molecule has 0 radical (unpaired) electrons. The van der Waals surface area contributed by atoms with Gasteiger partial charge in [0.15, 0.2) is 0 Å². The molecule has 1 aromatic heterocycles. The quantitative estimate of drug-likeness (QED) is 0.514. The largest absolute Gasteiger partial charge is 0.473 e. The molecule has 26 heavy (non-hydrogen) atoms. The van der Waals surface area contributed by atoms with Crippen molar-refractivity contribution >= 4 is 16.9 Å². The van der Waals surface area contributed by atoms with E-state index in [0.29, 0.717) is 28.7 Å². The number of carbonyl (C=O) groups excluding carboxylic acids is 1. The van der Waals surface area contributed by atoms with Crippen molar-refractivity contribution < 1.29 is 18.7 Å². The third-order valence-electron chi connectivity index (χ3n) is 4.18. The fourth-order valence-corrected chi connectivity index (χ4v) is 2.96. The van der Waals surface area contributed by atoms with Gasteiger partial charge in [-0.25, -0.2) is 9.59 Å². The Balaban J connectivity index is 2.17. The van der Waals surface area contributed by atoms with Crippen LogP contribution in [0.25, 0.3) is 11.0 Å². The van der Waals surface area contributed by atoms with Gasteiger partial charge in [-0.05, 0) is 36.6 Å². The van der Waals surface area contributed by atoms with E-state index in [2.05, 4.69) is 0 Å². The molecule has 0 aliphatic carbocycles. The van der Waals surface area contributed by atoms with Gasteiger partial charge >= 0.3 is 11.6 Å². The first-order valence-corrected chi connectivity index (χ1v) is 8.40. The summed E-state index contributed by atoms with van der Waals surface area (Å²) >= 11 is 0. The summed E-state index contributed by atoms with van der Waals surface area (Å²) in [4.78, 5) is 24.1. The summed E-state index contributed by atoms with van der Waals surface area (Å²) in [6.45, 7) is 3.83. The van der Waals surface area contributed by atoms with Crippen LogP contribution in [0.1, 0.15) is 29.7 Å². The van der Waals surface area contributed by atoms with Crippen LogP contribution in [0.4, 0.5) is 0 Å². The zero-order valence-corrected chi connectivity index (χ0v) is 14.9. The molecule has 0 fully saturated rings. The average molecular weight is 352 g/mol. The number of benzene rings is 2. The number of ether oxygens (including phenoxy) is 2. The van der Waals surface area contributed by atoms with E-state index in [9.17, 15) is 9.59 Å². The molecule has 5 nitrogen and oxygen atoms in total. The number of methoxy groups -OCH3 is 1. The molecule has 3 rings (SSSR count). The molecule has 5 heteroatoms. The lowest BCUT2D eigenvalue weighted by molar-refractivity contribution is -0.149. The Labute approximate surface area is 151 Å². The fourth-order valence-electron chi connectivity index (χ4n) is 2.96. The van der Waals surface area contributed by atoms with Crippen LogP contribution in [0.5, 0.6) is 5.75 Å². The zero-order chi connectivity index (χ0) is 18.7. The molecule has 0 spiro atoms. The van der Waals surface area contributed by atoms with Crippen LogP contribution < -0.4 is 10.4 Å². The molecule has 2 aromatic carbocycles. The Morgan fingerprint density at radius 3 is 2.54 bits per heavy atom. The highest BCUT2D eigenvalue weighted by atomic mass is 16.6. The van der Waals surface area contributed by atoms with Crippen molar-refractivity contribution in [2.24, 2.45) is 0 Å². The van der Waals surface area contributed by atoms with Crippen LogP contribution >= 0.6 is 0 Å². The van der Waals surface area contributed by atoms with Crippen LogP contribution in [0.15, 0.2) is 57.7 Å². The van der Waals surface area contributed by atoms with Crippen LogP contribution in [0, 0.1) is 6.92 Å². The number of rotatable bonds is 5. The third-order valence-corrected chi connectivity index (χ3v) is 4.18. The first kappa shape index (κ1) is 17.7. The molecule has 1 atom stereocenters. The molecule has 0 aliphatic heterocycles. The molecule has 0 aliphatic rings. The summed E-state index contributed by atoms with van der Waals surface area (Å²) in [5.74, 6) is -0.0128. The fraction of sp³-hybridized carbons (Fsp3) is 0.238. The van der Waals surface area contributed by atoms with Crippen LogP contribution in [-0.2, 0) is 16.0 Å². The number of hydrogen-bond donors (Lipinski definition) is 0. The number of aryl methyl sites for hydroxylation is 2. The standard InChI is InChI=1S/C21H20O5/c1-4-14-12-18(22)25-16-10-13(2)11-17(19(14)16)26-20(21(23)24-3)15-8-6-5-7-9-15/h5-12,20H,4H2,1-3H3. The number of esters is 1. The molecule has 0 saturated heterocycles. The lowest BCUT2D eigenvalue weighted by atomic mass is 10.0. The van der Waals surface area contributed by atoms with Crippen molar-refractivity contribution in [3.63, 3.8) is 0 Å². The van der Waals surface area contributed by atoms with Gasteiger partial charge in [0.2, 0.25) is 6.10 Å². The monoisotopic (exact) mass is 352 g/mol. The molecule has 1 heterocycles. The Hall–Kier alpha value is -3.08. The molecule has 3 aromatic rings. The van der Waals surface area contributed by atoms with Crippen molar-refractivity contribution in [2.75, 3.05) is 7.11 Å². The second-order valence-corrected chi connectivity index (χ2v) is 6.01. The summed E-state index contributed by atoms with van der Waals surface area (Å²) in [5.41, 5.74) is 2.40. The molecule has 134 valence electrons. The van der Waals surface area contributed by atoms with Crippen molar-refractivity contribution in [3.05, 3.63) is 75.6 Å². The minimum atomic E-state index is -0.914. The zero-order valence-electron chi connectivity index (χ0n) is 14.9. The predicted octanol–water partition coefficient (Wildman–Crippen LogP) is 3.96. The van der Waals surface area contributed by atoms with Crippen LogP contribution in [0.3, 0.4) is 0 Å². The van der Waals surface area contributed by atoms with Crippen molar-refractivity contribution in [1.29, 1.82) is 0 Å². The van der Waals surface area contributed by atoms with E-state index < -0.39 is 17.7 Å². The normalized spacial score (nSPS) is 12.0. The molecular weight excluding hydrogens is 332 g/mol. The number of carbonyl (C=O) groups is 1. The van der Waals surface area contributed by atoms with Gasteiger partial charge in [0.05, 0.1) is 12.5 Å². The summed E-state index contributed by atoms with van der Waals surface area (Å²) in [7, 11) is 1.33. The minimum Gasteiger partial charge on any atom is -0.473 e. The summed E-state index contributed by atoms with van der Waals surface area (Å²) in [6, 6.07) is 14.2. The van der Waals surface area contributed by atoms with Crippen molar-refractivity contribution in [2.45, 2.75) is 26.4 Å². The SMILES string of the molecule is CCc1cc(=O)oc2cc(C)cc(OC(C(=O)OC)c3ccccc3)c12. The van der Waals surface area contributed by atoms with Gasteiger partial charge in [-0.1, -0.05) is 37.3 Å². The molecular formula is C21H20O5. The van der Waals surface area contributed by atoms with E-state index >= 15 is 0 Å². The second-order valence-electron chi connectivity index (χ2n) is 6.01. The highest BCUT2D eigenvalue weighted by molar-refractivity contribution is 5.88. The topological polar surface area (TPSA) is 65.7 Å². The Bertz CT molecular complexity index is 988. The van der Waals surface area contributed by atoms with Gasteiger partial charge in [0, 0.05) is 11.6 Å². The van der Waals surface area contributed by atoms with Crippen LogP contribution in [0.2, 0.25) is 0 Å².